The highest BCUT2D eigenvalue weighted by molar-refractivity contribution is 6.11. The number of oxazole rings is 1. The first-order chi connectivity index (χ1) is 25.3. The quantitative estimate of drug-likeness (QED) is 0.179. The molecule has 0 saturated heterocycles. The molecule has 10 rings (SSSR count). The summed E-state index contributed by atoms with van der Waals surface area (Å²) in [4.78, 5) is 7.24. The Morgan fingerprint density at radius 3 is 1.65 bits per heavy atom. The molecule has 2 heterocycles. The van der Waals surface area contributed by atoms with E-state index in [1.165, 1.54) is 11.1 Å². The van der Waals surface area contributed by atoms with Gasteiger partial charge in [0.2, 0.25) is 5.89 Å². The number of benzene rings is 8. The number of fused-ring (bicyclic) bond motifs is 6. The van der Waals surface area contributed by atoms with Crippen molar-refractivity contribution in [2.24, 2.45) is 0 Å². The molecule has 0 aliphatic rings. The molecule has 0 atom stereocenters. The molecule has 0 spiro atoms. The summed E-state index contributed by atoms with van der Waals surface area (Å²) >= 11 is 0. The maximum absolute atomic E-state index is 6.37. The summed E-state index contributed by atoms with van der Waals surface area (Å²) in [5.41, 5.74) is 12.1. The predicted octanol–water partition coefficient (Wildman–Crippen LogP) is 13.4. The van der Waals surface area contributed by atoms with E-state index in [2.05, 4.69) is 138 Å². The highest BCUT2D eigenvalue weighted by Gasteiger charge is 2.18. The largest absolute Gasteiger partial charge is 0.456 e. The van der Waals surface area contributed by atoms with Crippen LogP contribution in [-0.2, 0) is 0 Å². The Balaban J connectivity index is 1.10. The summed E-state index contributed by atoms with van der Waals surface area (Å²) in [6.45, 7) is 0. The Bertz CT molecular complexity index is 2840. The average Bonchev–Trinajstić information content (AvgIpc) is 3.81. The maximum atomic E-state index is 6.37. The smallest absolute Gasteiger partial charge is 0.227 e. The molecule has 10 aromatic rings. The van der Waals surface area contributed by atoms with Gasteiger partial charge in [0, 0.05) is 38.8 Å². The molecule has 51 heavy (non-hydrogen) atoms. The van der Waals surface area contributed by atoms with Crippen LogP contribution in [0.25, 0.3) is 77.5 Å². The van der Waals surface area contributed by atoms with Gasteiger partial charge in [-0.2, -0.15) is 0 Å². The summed E-state index contributed by atoms with van der Waals surface area (Å²) in [5.74, 6) is 0.625. The minimum atomic E-state index is 0.625. The molecule has 2 aromatic heterocycles. The minimum Gasteiger partial charge on any atom is -0.456 e. The van der Waals surface area contributed by atoms with Crippen LogP contribution in [0, 0.1) is 0 Å². The van der Waals surface area contributed by atoms with E-state index in [0.717, 1.165) is 77.6 Å². The van der Waals surface area contributed by atoms with Crippen molar-refractivity contribution in [1.29, 1.82) is 0 Å². The summed E-state index contributed by atoms with van der Waals surface area (Å²) < 4.78 is 12.6. The first-order valence-electron chi connectivity index (χ1n) is 17.1. The third kappa shape index (κ3) is 5.04. The average molecular weight is 655 g/mol. The van der Waals surface area contributed by atoms with Gasteiger partial charge < -0.3 is 13.7 Å². The molecule has 4 heteroatoms. The lowest BCUT2D eigenvalue weighted by Crippen LogP contribution is -2.09. The van der Waals surface area contributed by atoms with Crippen LogP contribution in [0.15, 0.2) is 191 Å². The molecule has 0 radical (unpaired) electrons. The molecular weight excluding hydrogens is 625 g/mol. The van der Waals surface area contributed by atoms with Crippen LogP contribution in [0.3, 0.4) is 0 Å². The van der Waals surface area contributed by atoms with Crippen molar-refractivity contribution in [3.8, 4) is 33.7 Å². The maximum Gasteiger partial charge on any atom is 0.227 e. The second kappa shape index (κ2) is 11.9. The van der Waals surface area contributed by atoms with Crippen molar-refractivity contribution >= 4 is 60.9 Å². The van der Waals surface area contributed by atoms with Crippen LogP contribution >= 0.6 is 0 Å². The number of hydrogen-bond donors (Lipinski definition) is 0. The highest BCUT2D eigenvalue weighted by atomic mass is 16.3. The van der Waals surface area contributed by atoms with Gasteiger partial charge in [0.05, 0.1) is 0 Å². The monoisotopic (exact) mass is 654 g/mol. The molecule has 0 bridgehead atoms. The van der Waals surface area contributed by atoms with E-state index in [0.29, 0.717) is 5.89 Å². The van der Waals surface area contributed by atoms with Crippen LogP contribution < -0.4 is 4.90 Å². The number of furan rings is 1. The topological polar surface area (TPSA) is 42.4 Å². The zero-order chi connectivity index (χ0) is 33.7. The SMILES string of the molecule is c1ccc(-c2ccc(N(c3ccc(-c4cc5nc(-c6ccccc6)oc5c5ccccc45)cc3)c3ccc4oc5ccccc5c4c3)cc2)cc1. The number of aromatic nitrogens is 1. The van der Waals surface area contributed by atoms with Gasteiger partial charge >= 0.3 is 0 Å². The zero-order valence-corrected chi connectivity index (χ0v) is 27.5. The molecule has 8 aromatic carbocycles. The van der Waals surface area contributed by atoms with Crippen molar-refractivity contribution in [3.63, 3.8) is 0 Å². The summed E-state index contributed by atoms with van der Waals surface area (Å²) in [7, 11) is 0. The Morgan fingerprint density at radius 1 is 0.373 bits per heavy atom. The molecule has 0 saturated carbocycles. The molecule has 0 amide bonds. The molecule has 0 unspecified atom stereocenters. The van der Waals surface area contributed by atoms with Gasteiger partial charge in [0.15, 0.2) is 5.58 Å². The summed E-state index contributed by atoms with van der Waals surface area (Å²) in [6, 6.07) is 63.4. The molecule has 0 fully saturated rings. The Morgan fingerprint density at radius 2 is 0.922 bits per heavy atom. The van der Waals surface area contributed by atoms with Crippen molar-refractivity contribution in [3.05, 3.63) is 182 Å². The second-order valence-corrected chi connectivity index (χ2v) is 12.8. The van der Waals surface area contributed by atoms with E-state index in [4.69, 9.17) is 13.8 Å². The molecule has 0 aliphatic carbocycles. The minimum absolute atomic E-state index is 0.625. The highest BCUT2D eigenvalue weighted by Crippen LogP contribution is 2.41. The number of anilines is 3. The van der Waals surface area contributed by atoms with Gasteiger partial charge in [-0.1, -0.05) is 115 Å². The van der Waals surface area contributed by atoms with Gasteiger partial charge in [0.25, 0.3) is 0 Å². The molecule has 0 N–H and O–H groups in total. The van der Waals surface area contributed by atoms with Gasteiger partial charge in [-0.05, 0) is 94.4 Å². The van der Waals surface area contributed by atoms with Gasteiger partial charge in [-0.25, -0.2) is 4.98 Å². The predicted molar refractivity (Wildman–Crippen MR) is 210 cm³/mol. The lowest BCUT2D eigenvalue weighted by molar-refractivity contribution is 0.623. The van der Waals surface area contributed by atoms with E-state index < -0.39 is 0 Å². The Hall–Kier alpha value is -6.91. The fraction of sp³-hybridized carbons (Fsp3) is 0. The van der Waals surface area contributed by atoms with Crippen LogP contribution in [0.2, 0.25) is 0 Å². The standard InChI is InChI=1S/C47H30N2O2/c1-3-11-31(12-4-1)32-19-23-35(24-20-32)49(37-27-28-45-42(29-37)39-16-9-10-18-44(39)50-45)36-25-21-33(22-26-36)41-30-43-46(40-17-8-7-15-38(40)41)51-47(48-43)34-13-5-2-6-14-34/h1-30H. The molecule has 0 aliphatic heterocycles. The molecular formula is C47H30N2O2. The van der Waals surface area contributed by atoms with Crippen LogP contribution in [-0.4, -0.2) is 4.98 Å². The number of para-hydroxylation sites is 1. The lowest BCUT2D eigenvalue weighted by Gasteiger charge is -2.26. The summed E-state index contributed by atoms with van der Waals surface area (Å²) in [6.07, 6.45) is 0. The van der Waals surface area contributed by atoms with Crippen molar-refractivity contribution in [2.75, 3.05) is 4.90 Å². The zero-order valence-electron chi connectivity index (χ0n) is 27.5. The number of rotatable bonds is 6. The van der Waals surface area contributed by atoms with Crippen molar-refractivity contribution in [2.45, 2.75) is 0 Å². The van der Waals surface area contributed by atoms with Crippen molar-refractivity contribution in [1.82, 2.24) is 4.98 Å². The first-order valence-corrected chi connectivity index (χ1v) is 17.1. The van der Waals surface area contributed by atoms with Crippen LogP contribution in [0.1, 0.15) is 0 Å². The molecule has 240 valence electrons. The third-order valence-corrected chi connectivity index (χ3v) is 9.70. The van der Waals surface area contributed by atoms with Crippen molar-refractivity contribution < 1.29 is 8.83 Å². The number of hydrogen-bond acceptors (Lipinski definition) is 4. The van der Waals surface area contributed by atoms with Gasteiger partial charge in [-0.15, -0.1) is 0 Å². The second-order valence-electron chi connectivity index (χ2n) is 12.8. The fourth-order valence-electron chi connectivity index (χ4n) is 7.22. The fourth-order valence-corrected chi connectivity index (χ4v) is 7.22. The Kier molecular flexibility index (Phi) is 6.78. The van der Waals surface area contributed by atoms with E-state index in [9.17, 15) is 0 Å². The van der Waals surface area contributed by atoms with E-state index in [-0.39, 0.29) is 0 Å². The third-order valence-electron chi connectivity index (χ3n) is 9.70. The van der Waals surface area contributed by atoms with Crippen LogP contribution in [0.5, 0.6) is 0 Å². The van der Waals surface area contributed by atoms with E-state index in [1.54, 1.807) is 0 Å². The Labute approximate surface area is 294 Å². The summed E-state index contributed by atoms with van der Waals surface area (Å²) in [5, 5.41) is 4.37. The lowest BCUT2D eigenvalue weighted by atomic mass is 9.97. The van der Waals surface area contributed by atoms with E-state index in [1.807, 2.05) is 48.5 Å². The normalized spacial score (nSPS) is 11.5. The van der Waals surface area contributed by atoms with E-state index >= 15 is 0 Å². The van der Waals surface area contributed by atoms with Crippen LogP contribution in [0.4, 0.5) is 17.1 Å². The number of nitrogens with zero attached hydrogens (tertiary/aromatic N) is 2. The molecule has 4 nitrogen and oxygen atoms in total. The first kappa shape index (κ1) is 29.0. The van der Waals surface area contributed by atoms with Gasteiger partial charge in [-0.3, -0.25) is 0 Å². The van der Waals surface area contributed by atoms with Gasteiger partial charge in [0.1, 0.15) is 16.7 Å².